The molecule has 1 radical (unpaired) electrons. The number of rotatable bonds is 3. The minimum atomic E-state index is 0.668. The van der Waals surface area contributed by atoms with Crippen molar-refractivity contribution in [3.05, 3.63) is 19.0 Å². The topological polar surface area (TPSA) is 63.9 Å². The van der Waals surface area contributed by atoms with Gasteiger partial charge in [0.25, 0.3) is 0 Å². The Kier molecular flexibility index (Phi) is 1.91. The van der Waals surface area contributed by atoms with Crippen molar-refractivity contribution in [2.75, 3.05) is 17.2 Å². The fourth-order valence-corrected chi connectivity index (χ4v) is 1.07. The molecule has 0 fully saturated rings. The highest BCUT2D eigenvalue weighted by atomic mass is 15.2. The third-order valence-corrected chi connectivity index (χ3v) is 1.64. The quantitative estimate of drug-likeness (QED) is 0.656. The molecule has 2 N–H and O–H groups in total. The first-order valence-electron chi connectivity index (χ1n) is 3.90. The van der Waals surface area contributed by atoms with Gasteiger partial charge in [0.05, 0.1) is 0 Å². The molecule has 5 nitrogen and oxygen atoms in total. The highest BCUT2D eigenvalue weighted by molar-refractivity contribution is 5.92. The average Bonchev–Trinajstić information content (AvgIpc) is 2.62. The maximum atomic E-state index is 4.08. The monoisotopic (exact) mass is 175 g/mol. The van der Waals surface area contributed by atoms with Crippen molar-refractivity contribution in [2.45, 2.75) is 0 Å². The summed E-state index contributed by atoms with van der Waals surface area (Å²) in [7, 11) is 0. The Morgan fingerprint density at radius 3 is 3.38 bits per heavy atom. The SMILES string of the molecule is C=CCNc1ncnc2c1NC=[N+]2. The van der Waals surface area contributed by atoms with E-state index in [0.29, 0.717) is 12.4 Å². The highest BCUT2D eigenvalue weighted by Crippen LogP contribution is 2.26. The van der Waals surface area contributed by atoms with Crippen molar-refractivity contribution < 1.29 is 0 Å². The van der Waals surface area contributed by atoms with E-state index >= 15 is 0 Å². The van der Waals surface area contributed by atoms with E-state index in [9.17, 15) is 0 Å². The molecule has 1 aromatic rings. The Labute approximate surface area is 75.6 Å². The Bertz CT molecular complexity index is 358. The summed E-state index contributed by atoms with van der Waals surface area (Å²) < 4.78 is 0. The van der Waals surface area contributed by atoms with Gasteiger partial charge < -0.3 is 5.32 Å². The summed E-state index contributed by atoms with van der Waals surface area (Å²) in [5, 5.41) is 6.05. The van der Waals surface area contributed by atoms with Crippen LogP contribution in [0.2, 0.25) is 0 Å². The van der Waals surface area contributed by atoms with E-state index in [1.807, 2.05) is 0 Å². The smallest absolute Gasteiger partial charge is 0.341 e. The molecule has 0 atom stereocenters. The van der Waals surface area contributed by atoms with Crippen LogP contribution in [0.4, 0.5) is 17.3 Å². The molecule has 0 amide bonds. The van der Waals surface area contributed by atoms with Gasteiger partial charge in [0.1, 0.15) is 0 Å². The molecule has 0 aromatic carbocycles. The van der Waals surface area contributed by atoms with Crippen molar-refractivity contribution >= 4 is 23.7 Å². The predicted octanol–water partition coefficient (Wildman–Crippen LogP) is 0.496. The average molecular weight is 175 g/mol. The molecule has 0 unspecified atom stereocenters. The molecule has 65 valence electrons. The fraction of sp³-hybridized carbons (Fsp3) is 0.125. The van der Waals surface area contributed by atoms with Crippen LogP contribution in [-0.4, -0.2) is 22.9 Å². The maximum Gasteiger partial charge on any atom is 0.341 e. The van der Waals surface area contributed by atoms with Gasteiger partial charge in [-0.15, -0.1) is 6.58 Å². The molecule has 2 heterocycles. The first kappa shape index (κ1) is 7.72. The van der Waals surface area contributed by atoms with Crippen LogP contribution in [0.25, 0.3) is 0 Å². The van der Waals surface area contributed by atoms with E-state index in [4.69, 9.17) is 0 Å². The lowest BCUT2D eigenvalue weighted by Crippen LogP contribution is -2.03. The number of aliphatic imine (C=N–C) groups is 1. The molecular weight excluding hydrogens is 166 g/mol. The molecule has 5 heteroatoms. The van der Waals surface area contributed by atoms with E-state index in [-0.39, 0.29) is 0 Å². The lowest BCUT2D eigenvalue weighted by molar-refractivity contribution is 1.12. The normalized spacial score (nSPS) is 12.0. The van der Waals surface area contributed by atoms with Gasteiger partial charge in [0.15, 0.2) is 12.1 Å². The number of nitrogens with zero attached hydrogens (tertiary/aromatic N) is 3. The third kappa shape index (κ3) is 1.35. The number of hydrogen-bond donors (Lipinski definition) is 2. The molecule has 0 aliphatic carbocycles. The van der Waals surface area contributed by atoms with E-state index < -0.39 is 0 Å². The van der Waals surface area contributed by atoms with Gasteiger partial charge in [-0.25, -0.2) is 0 Å². The third-order valence-electron chi connectivity index (χ3n) is 1.64. The minimum absolute atomic E-state index is 0.668. The van der Waals surface area contributed by atoms with Crippen LogP contribution in [0.3, 0.4) is 0 Å². The van der Waals surface area contributed by atoms with Crippen LogP contribution < -0.4 is 15.6 Å². The molecule has 0 saturated heterocycles. The Hall–Kier alpha value is -1.91. The lowest BCUT2D eigenvalue weighted by Gasteiger charge is -2.01. The standard InChI is InChI=1S/C8H9N5/c1-2-3-9-7-6-8(11-4-10-6)13-5-12-7/h2,4-5,10H,1,3H2,(H,9,12,13)/q+1. The lowest BCUT2D eigenvalue weighted by atomic mass is 10.4. The van der Waals surface area contributed by atoms with Crippen molar-refractivity contribution in [1.82, 2.24) is 15.0 Å². The van der Waals surface area contributed by atoms with Crippen molar-refractivity contribution in [3.8, 4) is 0 Å². The largest absolute Gasteiger partial charge is 0.363 e. The molecule has 1 aliphatic heterocycles. The molecule has 1 aromatic heterocycles. The molecular formula is C8H9N5+. The van der Waals surface area contributed by atoms with Gasteiger partial charge in [0, 0.05) is 6.54 Å². The maximum absolute atomic E-state index is 4.08. The number of fused-ring (bicyclic) bond motifs is 1. The second-order valence-corrected chi connectivity index (χ2v) is 2.49. The highest BCUT2D eigenvalue weighted by Gasteiger charge is 2.21. The van der Waals surface area contributed by atoms with Gasteiger partial charge in [-0.2, -0.15) is 4.98 Å². The summed E-state index contributed by atoms with van der Waals surface area (Å²) in [4.78, 5) is 12.1. The van der Waals surface area contributed by atoms with Crippen LogP contribution in [0.5, 0.6) is 0 Å². The van der Waals surface area contributed by atoms with Gasteiger partial charge >= 0.3 is 5.82 Å². The van der Waals surface area contributed by atoms with E-state index in [1.165, 1.54) is 6.33 Å². The second kappa shape index (κ2) is 3.22. The van der Waals surface area contributed by atoms with E-state index in [2.05, 4.69) is 32.2 Å². The summed E-state index contributed by atoms with van der Waals surface area (Å²) in [5.74, 6) is 1.42. The van der Waals surface area contributed by atoms with E-state index in [1.54, 1.807) is 12.4 Å². The first-order chi connectivity index (χ1) is 6.42. The summed E-state index contributed by atoms with van der Waals surface area (Å²) in [6.07, 6.45) is 4.84. The molecule has 2 rings (SSSR count). The number of anilines is 2. The van der Waals surface area contributed by atoms with Crippen LogP contribution in [0.15, 0.2) is 19.0 Å². The number of hydrogen-bond acceptors (Lipinski definition) is 5. The summed E-state index contributed by atoms with van der Waals surface area (Å²) in [6, 6.07) is 0. The van der Waals surface area contributed by atoms with Crippen LogP contribution in [-0.2, 0) is 0 Å². The zero-order chi connectivity index (χ0) is 9.10. The van der Waals surface area contributed by atoms with Crippen molar-refractivity contribution in [1.29, 1.82) is 0 Å². The summed E-state index contributed by atoms with van der Waals surface area (Å²) >= 11 is 0. The first-order valence-corrected chi connectivity index (χ1v) is 3.90. The number of nitrogens with one attached hydrogen (secondary N) is 2. The summed E-state index contributed by atoms with van der Waals surface area (Å²) in [6.45, 7) is 4.28. The van der Waals surface area contributed by atoms with Crippen LogP contribution in [0, 0.1) is 0 Å². The van der Waals surface area contributed by atoms with Crippen molar-refractivity contribution in [3.63, 3.8) is 0 Å². The minimum Gasteiger partial charge on any atom is -0.363 e. The molecule has 13 heavy (non-hydrogen) atoms. The Morgan fingerprint density at radius 2 is 2.54 bits per heavy atom. The zero-order valence-electron chi connectivity index (χ0n) is 6.99. The molecule has 0 spiro atoms. The van der Waals surface area contributed by atoms with Crippen molar-refractivity contribution in [2.24, 2.45) is 0 Å². The molecule has 0 saturated carbocycles. The van der Waals surface area contributed by atoms with E-state index in [0.717, 1.165) is 11.5 Å². The van der Waals surface area contributed by atoms with Gasteiger partial charge in [0.2, 0.25) is 12.0 Å². The molecule has 1 aliphatic rings. The van der Waals surface area contributed by atoms with Gasteiger partial charge in [-0.1, -0.05) is 16.1 Å². The number of aromatic nitrogens is 2. The van der Waals surface area contributed by atoms with Gasteiger partial charge in [-0.05, 0) is 0 Å². The van der Waals surface area contributed by atoms with Crippen LogP contribution in [0.1, 0.15) is 0 Å². The Morgan fingerprint density at radius 1 is 1.62 bits per heavy atom. The second-order valence-electron chi connectivity index (χ2n) is 2.49. The van der Waals surface area contributed by atoms with Crippen LogP contribution >= 0.6 is 0 Å². The Balaban J connectivity index is 2.27. The van der Waals surface area contributed by atoms with Gasteiger partial charge in [-0.3, -0.25) is 5.32 Å². The predicted molar refractivity (Wildman–Crippen MR) is 52.2 cm³/mol. The zero-order valence-corrected chi connectivity index (χ0v) is 6.99. The summed E-state index contributed by atoms with van der Waals surface area (Å²) in [5.41, 5.74) is 0.823. The fourth-order valence-electron chi connectivity index (χ4n) is 1.07. The molecule has 0 bridgehead atoms.